The van der Waals surface area contributed by atoms with Crippen LogP contribution in [0.25, 0.3) is 0 Å². The third-order valence-electron chi connectivity index (χ3n) is 2.22. The number of nitrogens with one attached hydrogen (secondary N) is 1. The van der Waals surface area contributed by atoms with Gasteiger partial charge in [0, 0.05) is 27.8 Å². The van der Waals surface area contributed by atoms with Crippen LogP contribution in [0.4, 0.5) is 0 Å². The zero-order valence-corrected chi connectivity index (χ0v) is 12.6. The number of nitrogens with zero attached hydrogens (tertiary/aromatic N) is 1. The van der Waals surface area contributed by atoms with Gasteiger partial charge in [-0.25, -0.2) is 4.79 Å². The minimum atomic E-state index is -0.378. The summed E-state index contributed by atoms with van der Waals surface area (Å²) in [6, 6.07) is 1.56. The fourth-order valence-electron chi connectivity index (χ4n) is 1.33. The fourth-order valence-corrected chi connectivity index (χ4v) is 2.84. The van der Waals surface area contributed by atoms with Crippen molar-refractivity contribution < 1.29 is 9.53 Å². The molecule has 4 nitrogen and oxygen atoms in total. The van der Waals surface area contributed by atoms with E-state index in [2.05, 4.69) is 26.1 Å². The number of halogens is 1. The van der Waals surface area contributed by atoms with Gasteiger partial charge in [0.1, 0.15) is 6.04 Å². The van der Waals surface area contributed by atoms with E-state index in [9.17, 15) is 4.79 Å². The summed E-state index contributed by atoms with van der Waals surface area (Å²) >= 11 is 4.92. The molecule has 0 fully saturated rings. The summed E-state index contributed by atoms with van der Waals surface area (Å²) in [5, 5.41) is 5.16. The Balaban J connectivity index is 2.64. The normalized spacial score (nSPS) is 12.8. The van der Waals surface area contributed by atoms with Gasteiger partial charge < -0.3 is 9.64 Å². The molecule has 1 aromatic rings. The molecule has 0 saturated carbocycles. The summed E-state index contributed by atoms with van der Waals surface area (Å²) in [4.78, 5) is 14.7. The Morgan fingerprint density at radius 1 is 1.65 bits per heavy atom. The molecule has 0 amide bonds. The summed E-state index contributed by atoms with van der Waals surface area (Å²) in [5.41, 5.74) is 0. The number of rotatable bonds is 6. The topological polar surface area (TPSA) is 41.6 Å². The first-order valence-corrected chi connectivity index (χ1v) is 6.91. The lowest BCUT2D eigenvalue weighted by Crippen LogP contribution is -2.34. The standard InChI is InChI=1S/C11H17BrN2O2S/c1-14(2)5-4-13-10(11(15)16-3)9-6-8(12)7-17-9/h6-7,10,13H,4-5H2,1-3H3. The molecule has 0 aliphatic carbocycles. The Bertz CT molecular complexity index is 368. The number of esters is 1. The maximum atomic E-state index is 11.7. The molecular weight excluding hydrogens is 304 g/mol. The van der Waals surface area contributed by atoms with Crippen LogP contribution in [0.15, 0.2) is 15.9 Å². The highest BCUT2D eigenvalue weighted by molar-refractivity contribution is 9.10. The zero-order valence-electron chi connectivity index (χ0n) is 10.2. The monoisotopic (exact) mass is 320 g/mol. The summed E-state index contributed by atoms with van der Waals surface area (Å²) < 4.78 is 5.80. The summed E-state index contributed by atoms with van der Waals surface area (Å²) in [7, 11) is 5.40. The number of hydrogen-bond donors (Lipinski definition) is 1. The van der Waals surface area contributed by atoms with E-state index >= 15 is 0 Å². The number of ether oxygens (including phenoxy) is 1. The van der Waals surface area contributed by atoms with Crippen molar-refractivity contribution >= 4 is 33.2 Å². The predicted molar refractivity (Wildman–Crippen MR) is 73.3 cm³/mol. The van der Waals surface area contributed by atoms with Crippen molar-refractivity contribution in [2.75, 3.05) is 34.3 Å². The highest BCUT2D eigenvalue weighted by Crippen LogP contribution is 2.26. The largest absolute Gasteiger partial charge is 0.468 e. The van der Waals surface area contributed by atoms with Crippen LogP contribution in [-0.4, -0.2) is 45.2 Å². The SMILES string of the molecule is COC(=O)C(NCCN(C)C)c1cc(Br)cs1. The first-order chi connectivity index (χ1) is 8.04. The van der Waals surface area contributed by atoms with Gasteiger partial charge in [0.2, 0.25) is 0 Å². The third-order valence-corrected chi connectivity index (χ3v) is 3.98. The Labute approximate surface area is 114 Å². The van der Waals surface area contributed by atoms with Gasteiger partial charge in [-0.15, -0.1) is 11.3 Å². The van der Waals surface area contributed by atoms with Gasteiger partial charge in [-0.1, -0.05) is 0 Å². The maximum absolute atomic E-state index is 11.7. The van der Waals surface area contributed by atoms with Gasteiger partial charge in [-0.3, -0.25) is 5.32 Å². The molecule has 0 saturated heterocycles. The van der Waals surface area contributed by atoms with Crippen molar-refractivity contribution in [1.82, 2.24) is 10.2 Å². The van der Waals surface area contributed by atoms with Crippen LogP contribution in [0.3, 0.4) is 0 Å². The van der Waals surface area contributed by atoms with Crippen molar-refractivity contribution in [2.24, 2.45) is 0 Å². The van der Waals surface area contributed by atoms with E-state index in [0.717, 1.165) is 22.4 Å². The molecule has 1 unspecified atom stereocenters. The van der Waals surface area contributed by atoms with Crippen LogP contribution < -0.4 is 5.32 Å². The molecule has 0 aliphatic rings. The van der Waals surface area contributed by atoms with E-state index in [1.54, 1.807) is 0 Å². The Morgan fingerprint density at radius 3 is 2.82 bits per heavy atom. The Hall–Kier alpha value is -0.430. The van der Waals surface area contributed by atoms with Crippen LogP contribution in [0.1, 0.15) is 10.9 Å². The molecule has 1 N–H and O–H groups in total. The second-order valence-corrected chi connectivity index (χ2v) is 5.74. The third kappa shape index (κ3) is 4.75. The molecular formula is C11H17BrN2O2S. The van der Waals surface area contributed by atoms with Gasteiger partial charge in [-0.05, 0) is 36.1 Å². The van der Waals surface area contributed by atoms with Crippen molar-refractivity contribution in [1.29, 1.82) is 0 Å². The van der Waals surface area contributed by atoms with Crippen molar-refractivity contribution in [2.45, 2.75) is 6.04 Å². The Morgan fingerprint density at radius 2 is 2.35 bits per heavy atom. The number of carbonyl (C=O) groups is 1. The lowest BCUT2D eigenvalue weighted by molar-refractivity contribution is -0.143. The van der Waals surface area contributed by atoms with E-state index in [-0.39, 0.29) is 12.0 Å². The molecule has 1 aromatic heterocycles. The summed E-state index contributed by atoms with van der Waals surface area (Å²) in [6.07, 6.45) is 0. The smallest absolute Gasteiger partial charge is 0.328 e. The van der Waals surface area contributed by atoms with E-state index in [0.29, 0.717) is 0 Å². The van der Waals surface area contributed by atoms with Crippen LogP contribution in [0.2, 0.25) is 0 Å². The number of hydrogen-bond acceptors (Lipinski definition) is 5. The van der Waals surface area contributed by atoms with Crippen molar-refractivity contribution in [3.63, 3.8) is 0 Å². The quantitative estimate of drug-likeness (QED) is 0.813. The Kier molecular flexibility index (Phi) is 6.11. The molecule has 17 heavy (non-hydrogen) atoms. The fraction of sp³-hybridized carbons (Fsp3) is 0.545. The van der Waals surface area contributed by atoms with Gasteiger partial charge in [0.25, 0.3) is 0 Å². The first-order valence-electron chi connectivity index (χ1n) is 5.24. The van der Waals surface area contributed by atoms with Crippen LogP contribution in [-0.2, 0) is 9.53 Å². The molecule has 0 radical (unpaired) electrons. The van der Waals surface area contributed by atoms with E-state index in [4.69, 9.17) is 4.74 Å². The molecule has 1 rings (SSSR count). The van der Waals surface area contributed by atoms with E-state index in [1.807, 2.05) is 25.5 Å². The molecule has 0 bridgehead atoms. The molecule has 1 heterocycles. The van der Waals surface area contributed by atoms with Gasteiger partial charge in [0.05, 0.1) is 7.11 Å². The number of likely N-dealkylation sites (N-methyl/N-ethyl adjacent to an activating group) is 1. The number of carbonyl (C=O) groups excluding carboxylic acids is 1. The molecule has 0 spiro atoms. The first kappa shape index (κ1) is 14.6. The minimum Gasteiger partial charge on any atom is -0.468 e. The molecule has 0 aromatic carbocycles. The predicted octanol–water partition coefficient (Wildman–Crippen LogP) is 1.88. The lowest BCUT2D eigenvalue weighted by atomic mass is 10.2. The summed E-state index contributed by atoms with van der Waals surface area (Å²) in [5.74, 6) is -0.252. The minimum absolute atomic E-state index is 0.252. The average Bonchev–Trinajstić information content (AvgIpc) is 2.69. The van der Waals surface area contributed by atoms with E-state index < -0.39 is 0 Å². The van der Waals surface area contributed by atoms with E-state index in [1.165, 1.54) is 18.4 Å². The molecule has 6 heteroatoms. The van der Waals surface area contributed by atoms with Crippen LogP contribution >= 0.6 is 27.3 Å². The number of methoxy groups -OCH3 is 1. The highest BCUT2D eigenvalue weighted by Gasteiger charge is 2.22. The average molecular weight is 321 g/mol. The lowest BCUT2D eigenvalue weighted by Gasteiger charge is -2.16. The van der Waals surface area contributed by atoms with Gasteiger partial charge in [-0.2, -0.15) is 0 Å². The second-order valence-electron chi connectivity index (χ2n) is 3.88. The molecule has 96 valence electrons. The van der Waals surface area contributed by atoms with Crippen molar-refractivity contribution in [3.8, 4) is 0 Å². The zero-order chi connectivity index (χ0) is 12.8. The van der Waals surface area contributed by atoms with Crippen molar-refractivity contribution in [3.05, 3.63) is 20.8 Å². The highest BCUT2D eigenvalue weighted by atomic mass is 79.9. The number of thiophene rings is 1. The molecule has 1 atom stereocenters. The molecule has 0 aliphatic heterocycles. The van der Waals surface area contributed by atoms with Crippen LogP contribution in [0, 0.1) is 0 Å². The van der Waals surface area contributed by atoms with Gasteiger partial charge in [0.15, 0.2) is 0 Å². The maximum Gasteiger partial charge on any atom is 0.328 e. The summed E-state index contributed by atoms with van der Waals surface area (Å²) in [6.45, 7) is 1.61. The van der Waals surface area contributed by atoms with Crippen LogP contribution in [0.5, 0.6) is 0 Å². The second kappa shape index (κ2) is 7.10. The van der Waals surface area contributed by atoms with Gasteiger partial charge >= 0.3 is 5.97 Å².